The van der Waals surface area contributed by atoms with E-state index in [4.69, 9.17) is 0 Å². The fourth-order valence-electron chi connectivity index (χ4n) is 2.42. The smallest absolute Gasteiger partial charge is 0.257 e. The summed E-state index contributed by atoms with van der Waals surface area (Å²) in [5.41, 5.74) is 4.90. The summed E-state index contributed by atoms with van der Waals surface area (Å²) in [7, 11) is 1.88. The molecule has 3 heterocycles. The molecule has 0 aromatic carbocycles. The molecule has 0 saturated carbocycles. The predicted molar refractivity (Wildman–Crippen MR) is 81.6 cm³/mol. The lowest BCUT2D eigenvalue weighted by molar-refractivity contribution is 0.0952. The van der Waals surface area contributed by atoms with Gasteiger partial charge in [0.25, 0.3) is 5.91 Å². The van der Waals surface area contributed by atoms with Crippen LogP contribution in [-0.2, 0) is 13.6 Å². The molecule has 1 amide bonds. The summed E-state index contributed by atoms with van der Waals surface area (Å²) >= 11 is 0. The molecule has 0 radical (unpaired) electrons. The number of hydrogen-bond donors (Lipinski definition) is 1. The third-order valence-electron chi connectivity index (χ3n) is 3.80. The lowest BCUT2D eigenvalue weighted by Crippen LogP contribution is -2.23. The highest BCUT2D eigenvalue weighted by Gasteiger charge is 2.16. The largest absolute Gasteiger partial charge is 0.348 e. The highest BCUT2D eigenvalue weighted by atomic mass is 16.1. The molecule has 0 bridgehead atoms. The lowest BCUT2D eigenvalue weighted by Gasteiger charge is -2.05. The van der Waals surface area contributed by atoms with Crippen molar-refractivity contribution < 1.29 is 4.79 Å². The molecule has 3 rings (SSSR count). The van der Waals surface area contributed by atoms with Crippen molar-refractivity contribution in [3.05, 3.63) is 46.7 Å². The minimum absolute atomic E-state index is 0.184. The van der Waals surface area contributed by atoms with Crippen LogP contribution in [0.2, 0.25) is 0 Å². The van der Waals surface area contributed by atoms with Gasteiger partial charge in [-0.15, -0.1) is 0 Å². The number of amides is 1. The first kappa shape index (κ1) is 14.2. The zero-order valence-electron chi connectivity index (χ0n) is 13.1. The second kappa shape index (κ2) is 5.25. The Bertz CT molecular complexity index is 860. The molecule has 3 aromatic heterocycles. The van der Waals surface area contributed by atoms with Crippen molar-refractivity contribution in [2.24, 2.45) is 7.05 Å². The molecule has 0 aliphatic heterocycles. The van der Waals surface area contributed by atoms with E-state index in [1.165, 1.54) is 0 Å². The zero-order valence-corrected chi connectivity index (χ0v) is 13.1. The Kier molecular flexibility index (Phi) is 3.40. The van der Waals surface area contributed by atoms with Crippen molar-refractivity contribution >= 4 is 11.6 Å². The maximum atomic E-state index is 12.4. The minimum Gasteiger partial charge on any atom is -0.348 e. The van der Waals surface area contributed by atoms with Gasteiger partial charge in [-0.2, -0.15) is 10.2 Å². The van der Waals surface area contributed by atoms with E-state index in [1.54, 1.807) is 21.6 Å². The molecular formula is C15H18N6O. The summed E-state index contributed by atoms with van der Waals surface area (Å²) in [6.45, 7) is 6.24. The first-order chi connectivity index (χ1) is 10.5. The van der Waals surface area contributed by atoms with E-state index in [9.17, 15) is 4.79 Å². The summed E-state index contributed by atoms with van der Waals surface area (Å²) in [6.07, 6.45) is 3.32. The zero-order chi connectivity index (χ0) is 15.9. The Labute approximate surface area is 128 Å². The van der Waals surface area contributed by atoms with E-state index in [0.29, 0.717) is 17.8 Å². The standard InChI is InChI=1S/C15H18N6O/c1-9-5-10(2)21-14(19-9)13(8-18-21)15(22)16-6-12-7-17-20(4)11(12)3/h5,7-8H,6H2,1-4H3,(H,16,22). The summed E-state index contributed by atoms with van der Waals surface area (Å²) in [4.78, 5) is 16.8. The highest BCUT2D eigenvalue weighted by molar-refractivity contribution is 5.99. The molecule has 0 spiro atoms. The van der Waals surface area contributed by atoms with E-state index in [-0.39, 0.29) is 5.91 Å². The number of rotatable bonds is 3. The van der Waals surface area contributed by atoms with Crippen molar-refractivity contribution in [2.45, 2.75) is 27.3 Å². The molecule has 7 nitrogen and oxygen atoms in total. The number of fused-ring (bicyclic) bond motifs is 1. The summed E-state index contributed by atoms with van der Waals surface area (Å²) in [5, 5.41) is 11.3. The maximum absolute atomic E-state index is 12.4. The molecule has 3 aromatic rings. The number of aromatic nitrogens is 5. The lowest BCUT2D eigenvalue weighted by atomic mass is 10.2. The summed E-state index contributed by atoms with van der Waals surface area (Å²) in [6, 6.07) is 1.93. The quantitative estimate of drug-likeness (QED) is 0.791. The molecule has 1 N–H and O–H groups in total. The fraction of sp³-hybridized carbons (Fsp3) is 0.333. The Morgan fingerprint density at radius 2 is 2.00 bits per heavy atom. The van der Waals surface area contributed by atoms with Crippen LogP contribution in [0.15, 0.2) is 18.5 Å². The SMILES string of the molecule is Cc1cc(C)n2ncc(C(=O)NCc3cnn(C)c3C)c2n1. The number of hydrogen-bond acceptors (Lipinski definition) is 4. The first-order valence-corrected chi connectivity index (χ1v) is 7.05. The van der Waals surface area contributed by atoms with Gasteiger partial charge in [0.1, 0.15) is 5.56 Å². The Morgan fingerprint density at radius 3 is 2.68 bits per heavy atom. The number of aryl methyl sites for hydroxylation is 3. The molecule has 0 fully saturated rings. The molecule has 22 heavy (non-hydrogen) atoms. The van der Waals surface area contributed by atoms with Crippen LogP contribution in [0, 0.1) is 20.8 Å². The molecule has 0 atom stereocenters. The third-order valence-corrected chi connectivity index (χ3v) is 3.80. The van der Waals surface area contributed by atoms with Crippen molar-refractivity contribution in [1.29, 1.82) is 0 Å². The van der Waals surface area contributed by atoms with Gasteiger partial charge in [0.05, 0.1) is 12.4 Å². The van der Waals surface area contributed by atoms with Crippen LogP contribution < -0.4 is 5.32 Å². The van der Waals surface area contributed by atoms with Crippen LogP contribution in [0.1, 0.15) is 33.0 Å². The van der Waals surface area contributed by atoms with Crippen LogP contribution in [0.4, 0.5) is 0 Å². The van der Waals surface area contributed by atoms with Crippen molar-refractivity contribution in [3.8, 4) is 0 Å². The van der Waals surface area contributed by atoms with Crippen LogP contribution in [-0.4, -0.2) is 30.3 Å². The van der Waals surface area contributed by atoms with Gasteiger partial charge in [-0.3, -0.25) is 9.48 Å². The van der Waals surface area contributed by atoms with Crippen LogP contribution >= 0.6 is 0 Å². The van der Waals surface area contributed by atoms with Gasteiger partial charge in [-0.05, 0) is 26.8 Å². The minimum atomic E-state index is -0.184. The Morgan fingerprint density at radius 1 is 1.23 bits per heavy atom. The molecule has 0 aliphatic carbocycles. The summed E-state index contributed by atoms with van der Waals surface area (Å²) in [5.74, 6) is -0.184. The van der Waals surface area contributed by atoms with Gasteiger partial charge in [-0.25, -0.2) is 9.50 Å². The van der Waals surface area contributed by atoms with E-state index < -0.39 is 0 Å². The van der Waals surface area contributed by atoms with Gasteiger partial charge >= 0.3 is 0 Å². The summed E-state index contributed by atoms with van der Waals surface area (Å²) < 4.78 is 3.46. The van der Waals surface area contributed by atoms with E-state index in [0.717, 1.165) is 22.6 Å². The first-order valence-electron chi connectivity index (χ1n) is 7.05. The number of carbonyl (C=O) groups excluding carboxylic acids is 1. The van der Waals surface area contributed by atoms with Gasteiger partial charge in [0, 0.05) is 36.2 Å². The van der Waals surface area contributed by atoms with Crippen LogP contribution in [0.25, 0.3) is 5.65 Å². The van der Waals surface area contributed by atoms with Crippen molar-refractivity contribution in [3.63, 3.8) is 0 Å². The molecule has 0 aliphatic rings. The van der Waals surface area contributed by atoms with Gasteiger partial charge in [0.15, 0.2) is 5.65 Å². The van der Waals surface area contributed by atoms with Gasteiger partial charge in [-0.1, -0.05) is 0 Å². The molecule has 0 saturated heterocycles. The topological polar surface area (TPSA) is 77.1 Å². The number of nitrogens with zero attached hydrogens (tertiary/aromatic N) is 5. The van der Waals surface area contributed by atoms with E-state index >= 15 is 0 Å². The number of nitrogens with one attached hydrogen (secondary N) is 1. The average Bonchev–Trinajstić information content (AvgIpc) is 3.02. The Balaban J connectivity index is 1.85. The number of carbonyl (C=O) groups is 1. The van der Waals surface area contributed by atoms with Crippen LogP contribution in [0.5, 0.6) is 0 Å². The monoisotopic (exact) mass is 298 g/mol. The Hall–Kier alpha value is -2.70. The average molecular weight is 298 g/mol. The van der Waals surface area contributed by atoms with Crippen molar-refractivity contribution in [1.82, 2.24) is 29.7 Å². The predicted octanol–water partition coefficient (Wildman–Crippen LogP) is 1.32. The van der Waals surface area contributed by atoms with Gasteiger partial charge < -0.3 is 5.32 Å². The normalized spacial score (nSPS) is 11.1. The van der Waals surface area contributed by atoms with E-state index in [1.807, 2.05) is 33.9 Å². The maximum Gasteiger partial charge on any atom is 0.257 e. The molecule has 7 heteroatoms. The van der Waals surface area contributed by atoms with E-state index in [2.05, 4.69) is 20.5 Å². The molecule has 0 unspecified atom stereocenters. The molecule has 114 valence electrons. The third kappa shape index (κ3) is 2.34. The fourth-order valence-corrected chi connectivity index (χ4v) is 2.42. The second-order valence-corrected chi connectivity index (χ2v) is 5.39. The highest BCUT2D eigenvalue weighted by Crippen LogP contribution is 2.12. The second-order valence-electron chi connectivity index (χ2n) is 5.39. The van der Waals surface area contributed by atoms with Gasteiger partial charge in [0.2, 0.25) is 0 Å². The van der Waals surface area contributed by atoms with Crippen molar-refractivity contribution in [2.75, 3.05) is 0 Å². The molecular weight excluding hydrogens is 280 g/mol. The van der Waals surface area contributed by atoms with Crippen LogP contribution in [0.3, 0.4) is 0 Å².